The van der Waals surface area contributed by atoms with Crippen LogP contribution in [-0.2, 0) is 18.3 Å². The van der Waals surface area contributed by atoms with Gasteiger partial charge in [-0.2, -0.15) is 35.1 Å². The first-order chi connectivity index (χ1) is 15.7. The average Bonchev–Trinajstić information content (AvgIpc) is 2.76. The molecule has 1 amide bonds. The van der Waals surface area contributed by atoms with Crippen LogP contribution in [0.3, 0.4) is 0 Å². The van der Waals surface area contributed by atoms with Gasteiger partial charge in [0, 0.05) is 17.3 Å². The number of amides is 1. The van der Waals surface area contributed by atoms with Crippen LogP contribution in [0.5, 0.6) is 0 Å². The van der Waals surface area contributed by atoms with Crippen LogP contribution in [0.2, 0.25) is 5.02 Å². The van der Waals surface area contributed by atoms with Crippen LogP contribution >= 0.6 is 11.6 Å². The topological polar surface area (TPSA) is 42.0 Å². The third-order valence-electron chi connectivity index (χ3n) is 4.70. The molecule has 0 aliphatic rings. The molecule has 3 aromatic rings. The highest BCUT2D eigenvalue weighted by atomic mass is 35.5. The first-order valence-electron chi connectivity index (χ1n) is 9.36. The van der Waals surface area contributed by atoms with Crippen molar-refractivity contribution in [2.24, 2.45) is 0 Å². The Bertz CT molecular complexity index is 1190. The van der Waals surface area contributed by atoms with E-state index in [2.05, 4.69) is 4.98 Å². The molecule has 34 heavy (non-hydrogen) atoms. The standard InChI is InChI=1S/C22H13ClF8N2O/c23-17-9-12(13-6-8-18(32-10-13)22(29,30)31)5-7-16(17)20(24,25)11-33-19(34)14-3-1-2-4-15(14)21(26,27)28/h1-10H,11H2,(H,33,34). The Morgan fingerprint density at radius 1 is 0.824 bits per heavy atom. The number of carbonyl (C=O) groups is 1. The molecular formula is C22H13ClF8N2O. The molecule has 1 N–H and O–H groups in total. The normalized spacial score (nSPS) is 12.5. The quantitative estimate of drug-likeness (QED) is 0.379. The number of halogens is 9. The second kappa shape index (κ2) is 9.21. The molecule has 180 valence electrons. The SMILES string of the molecule is O=C(NCC(F)(F)c1ccc(-c2ccc(C(F)(F)F)nc2)cc1Cl)c1ccccc1C(F)(F)F. The molecule has 3 rings (SSSR count). The van der Waals surface area contributed by atoms with Crippen molar-refractivity contribution in [3.8, 4) is 11.1 Å². The fourth-order valence-corrected chi connectivity index (χ4v) is 3.35. The smallest absolute Gasteiger partial charge is 0.346 e. The number of nitrogens with one attached hydrogen (secondary N) is 1. The van der Waals surface area contributed by atoms with Gasteiger partial charge in [-0.3, -0.25) is 9.78 Å². The summed E-state index contributed by atoms with van der Waals surface area (Å²) in [7, 11) is 0. The van der Waals surface area contributed by atoms with E-state index in [0.717, 1.165) is 48.7 Å². The Hall–Kier alpha value is -3.21. The molecular weight excluding hydrogens is 496 g/mol. The summed E-state index contributed by atoms with van der Waals surface area (Å²) < 4.78 is 106. The zero-order valence-corrected chi connectivity index (χ0v) is 17.5. The molecule has 0 fully saturated rings. The summed E-state index contributed by atoms with van der Waals surface area (Å²) in [6, 6.07) is 8.70. The molecule has 0 aliphatic carbocycles. The third-order valence-corrected chi connectivity index (χ3v) is 5.01. The van der Waals surface area contributed by atoms with E-state index >= 15 is 0 Å². The molecule has 0 unspecified atom stereocenters. The second-order valence-electron chi connectivity index (χ2n) is 7.05. The molecule has 2 aromatic carbocycles. The lowest BCUT2D eigenvalue weighted by Gasteiger charge is -2.20. The number of benzene rings is 2. The Morgan fingerprint density at radius 3 is 2.03 bits per heavy atom. The van der Waals surface area contributed by atoms with Crippen molar-refractivity contribution in [2.75, 3.05) is 6.54 Å². The zero-order chi connectivity index (χ0) is 25.3. The molecule has 3 nitrogen and oxygen atoms in total. The highest BCUT2D eigenvalue weighted by Crippen LogP contribution is 2.37. The van der Waals surface area contributed by atoms with Crippen molar-refractivity contribution in [1.29, 1.82) is 0 Å². The Balaban J connectivity index is 1.78. The Morgan fingerprint density at radius 2 is 1.47 bits per heavy atom. The zero-order valence-electron chi connectivity index (χ0n) is 16.7. The molecule has 1 heterocycles. The molecule has 0 saturated heterocycles. The second-order valence-corrected chi connectivity index (χ2v) is 7.46. The summed E-state index contributed by atoms with van der Waals surface area (Å²) in [6.45, 7) is -1.35. The summed E-state index contributed by atoms with van der Waals surface area (Å²) in [5, 5.41) is 1.31. The molecule has 0 aliphatic heterocycles. The maximum Gasteiger partial charge on any atom is 0.433 e. The van der Waals surface area contributed by atoms with E-state index in [4.69, 9.17) is 11.6 Å². The fraction of sp³-hybridized carbons (Fsp3) is 0.182. The van der Waals surface area contributed by atoms with Crippen molar-refractivity contribution < 1.29 is 39.9 Å². The molecule has 0 saturated carbocycles. The van der Waals surface area contributed by atoms with Crippen LogP contribution in [0, 0.1) is 0 Å². The van der Waals surface area contributed by atoms with Gasteiger partial charge in [-0.05, 0) is 29.8 Å². The van der Waals surface area contributed by atoms with Crippen LogP contribution in [0.4, 0.5) is 35.1 Å². The van der Waals surface area contributed by atoms with Gasteiger partial charge in [0.25, 0.3) is 11.8 Å². The number of nitrogens with zero attached hydrogens (tertiary/aromatic N) is 1. The van der Waals surface area contributed by atoms with E-state index in [1.165, 1.54) is 6.07 Å². The highest BCUT2D eigenvalue weighted by molar-refractivity contribution is 6.31. The van der Waals surface area contributed by atoms with Crippen molar-refractivity contribution in [1.82, 2.24) is 10.3 Å². The number of rotatable bonds is 5. The third kappa shape index (κ3) is 5.64. The lowest BCUT2D eigenvalue weighted by atomic mass is 10.0. The highest BCUT2D eigenvalue weighted by Gasteiger charge is 2.37. The van der Waals surface area contributed by atoms with Crippen molar-refractivity contribution in [3.63, 3.8) is 0 Å². The van der Waals surface area contributed by atoms with Gasteiger partial charge >= 0.3 is 12.4 Å². The maximum atomic E-state index is 14.7. The van der Waals surface area contributed by atoms with Crippen molar-refractivity contribution in [2.45, 2.75) is 18.3 Å². The molecule has 12 heteroatoms. The monoisotopic (exact) mass is 508 g/mol. The fourth-order valence-electron chi connectivity index (χ4n) is 3.03. The van der Waals surface area contributed by atoms with Crippen LogP contribution in [0.25, 0.3) is 11.1 Å². The van der Waals surface area contributed by atoms with Gasteiger partial charge in [0.15, 0.2) is 0 Å². The predicted molar refractivity (Wildman–Crippen MR) is 107 cm³/mol. The van der Waals surface area contributed by atoms with E-state index < -0.39 is 58.1 Å². The summed E-state index contributed by atoms with van der Waals surface area (Å²) in [4.78, 5) is 15.4. The maximum absolute atomic E-state index is 14.7. The van der Waals surface area contributed by atoms with Gasteiger partial charge in [0.2, 0.25) is 0 Å². The van der Waals surface area contributed by atoms with Gasteiger partial charge in [0.1, 0.15) is 5.69 Å². The molecule has 0 atom stereocenters. The Kier molecular flexibility index (Phi) is 6.88. The summed E-state index contributed by atoms with van der Waals surface area (Å²) >= 11 is 5.94. The van der Waals surface area contributed by atoms with Crippen molar-refractivity contribution >= 4 is 17.5 Å². The van der Waals surface area contributed by atoms with Gasteiger partial charge in [-0.15, -0.1) is 0 Å². The van der Waals surface area contributed by atoms with Crippen LogP contribution < -0.4 is 5.32 Å². The number of carbonyl (C=O) groups excluding carboxylic acids is 1. The minimum Gasteiger partial charge on any atom is -0.346 e. The summed E-state index contributed by atoms with van der Waals surface area (Å²) in [5.74, 6) is -5.12. The molecule has 0 bridgehead atoms. The lowest BCUT2D eigenvalue weighted by Crippen LogP contribution is -2.36. The van der Waals surface area contributed by atoms with Gasteiger partial charge in [-0.25, -0.2) is 0 Å². The number of hydrogen-bond donors (Lipinski definition) is 1. The predicted octanol–water partition coefficient (Wildman–Crippen LogP) is 6.96. The van der Waals surface area contributed by atoms with Crippen LogP contribution in [0.1, 0.15) is 27.2 Å². The van der Waals surface area contributed by atoms with E-state index in [0.29, 0.717) is 6.07 Å². The van der Waals surface area contributed by atoms with Crippen LogP contribution in [-0.4, -0.2) is 17.4 Å². The molecule has 1 aromatic heterocycles. The van der Waals surface area contributed by atoms with E-state index in [-0.39, 0.29) is 11.1 Å². The van der Waals surface area contributed by atoms with E-state index in [9.17, 15) is 39.9 Å². The number of aromatic nitrogens is 1. The molecule has 0 spiro atoms. The Labute approximate surface area is 192 Å². The van der Waals surface area contributed by atoms with Gasteiger partial charge < -0.3 is 5.32 Å². The number of alkyl halides is 8. The van der Waals surface area contributed by atoms with Crippen molar-refractivity contribution in [3.05, 3.63) is 88.2 Å². The average molecular weight is 509 g/mol. The first-order valence-corrected chi connectivity index (χ1v) is 9.74. The minimum atomic E-state index is -4.86. The summed E-state index contributed by atoms with van der Waals surface area (Å²) in [5.41, 5.74) is -3.57. The van der Waals surface area contributed by atoms with E-state index in [1.807, 2.05) is 0 Å². The first kappa shape index (κ1) is 25.4. The molecule has 0 radical (unpaired) electrons. The largest absolute Gasteiger partial charge is 0.433 e. The number of pyridine rings is 1. The van der Waals surface area contributed by atoms with Gasteiger partial charge in [0.05, 0.1) is 22.7 Å². The van der Waals surface area contributed by atoms with E-state index in [1.54, 1.807) is 5.32 Å². The minimum absolute atomic E-state index is 0.182. The number of hydrogen-bond acceptors (Lipinski definition) is 2. The van der Waals surface area contributed by atoms with Gasteiger partial charge in [-0.1, -0.05) is 41.9 Å². The van der Waals surface area contributed by atoms with Crippen LogP contribution in [0.15, 0.2) is 60.8 Å². The summed E-state index contributed by atoms with van der Waals surface area (Å²) in [6.07, 6.45) is -8.60. The lowest BCUT2D eigenvalue weighted by molar-refractivity contribution is -0.141.